The highest BCUT2D eigenvalue weighted by atomic mass is 79.9. The Morgan fingerprint density at radius 1 is 1.24 bits per heavy atom. The fourth-order valence-corrected chi connectivity index (χ4v) is 3.55. The van der Waals surface area contributed by atoms with E-state index in [1.807, 2.05) is 16.7 Å². The number of aromatic nitrogens is 4. The molecule has 1 aliphatic heterocycles. The summed E-state index contributed by atoms with van der Waals surface area (Å²) in [5.74, 6) is 0.551. The first-order chi connectivity index (χ1) is 12.1. The van der Waals surface area contributed by atoms with Crippen LogP contribution >= 0.6 is 39.1 Å². The zero-order chi connectivity index (χ0) is 17.4. The third-order valence-electron chi connectivity index (χ3n) is 4.06. The van der Waals surface area contributed by atoms with Gasteiger partial charge in [-0.1, -0.05) is 29.3 Å². The van der Waals surface area contributed by atoms with Crippen molar-refractivity contribution in [2.24, 2.45) is 0 Å². The Hall–Kier alpha value is -1.41. The van der Waals surface area contributed by atoms with E-state index in [4.69, 9.17) is 27.9 Å². The van der Waals surface area contributed by atoms with Crippen molar-refractivity contribution in [3.63, 3.8) is 0 Å². The lowest BCUT2D eigenvalue weighted by Gasteiger charge is -2.23. The second-order valence-electron chi connectivity index (χ2n) is 5.71. The molecule has 2 aromatic heterocycles. The molecule has 0 amide bonds. The lowest BCUT2D eigenvalue weighted by Crippen LogP contribution is -2.17. The average molecular weight is 443 g/mol. The number of benzene rings is 1. The predicted octanol–water partition coefficient (Wildman–Crippen LogP) is 5.34. The number of hydrogen-bond donors (Lipinski definition) is 1. The number of nitrogens with zero attached hydrogens (tertiary/aromatic N) is 4. The van der Waals surface area contributed by atoms with E-state index in [2.05, 4.69) is 36.2 Å². The summed E-state index contributed by atoms with van der Waals surface area (Å²) in [7, 11) is 0. The molecule has 1 unspecified atom stereocenters. The molecule has 1 atom stereocenters. The lowest BCUT2D eigenvalue weighted by atomic mass is 10.2. The smallest absolute Gasteiger partial charge is 0.200 e. The van der Waals surface area contributed by atoms with Gasteiger partial charge in [-0.25, -0.2) is 15.0 Å². The third kappa shape index (κ3) is 3.33. The first kappa shape index (κ1) is 17.0. The highest BCUT2D eigenvalue weighted by Crippen LogP contribution is 2.34. The molecule has 1 saturated heterocycles. The van der Waals surface area contributed by atoms with Crippen LogP contribution in [0.4, 0.5) is 11.5 Å². The third-order valence-corrected chi connectivity index (χ3v) is 5.24. The summed E-state index contributed by atoms with van der Waals surface area (Å²) in [5, 5.41) is 4.10. The van der Waals surface area contributed by atoms with Gasteiger partial charge >= 0.3 is 0 Å². The molecule has 1 N–H and O–H groups in total. The van der Waals surface area contributed by atoms with Crippen molar-refractivity contribution in [3.8, 4) is 0 Å². The van der Waals surface area contributed by atoms with Crippen molar-refractivity contribution < 1.29 is 4.74 Å². The summed E-state index contributed by atoms with van der Waals surface area (Å²) in [5.41, 5.74) is 2.01. The molecule has 1 aromatic carbocycles. The van der Waals surface area contributed by atoms with Crippen molar-refractivity contribution in [2.45, 2.75) is 25.5 Å². The first-order valence-electron chi connectivity index (χ1n) is 7.86. The number of hydrogen-bond acceptors (Lipinski definition) is 5. The molecular formula is C16H14BrCl2N5O. The minimum Gasteiger partial charge on any atom is -0.358 e. The molecule has 4 rings (SSSR count). The van der Waals surface area contributed by atoms with Crippen LogP contribution in [0.5, 0.6) is 0 Å². The van der Waals surface area contributed by atoms with Crippen LogP contribution in [0.2, 0.25) is 10.0 Å². The van der Waals surface area contributed by atoms with Crippen molar-refractivity contribution in [3.05, 3.63) is 39.3 Å². The van der Waals surface area contributed by atoms with Gasteiger partial charge in [-0.3, -0.25) is 4.57 Å². The van der Waals surface area contributed by atoms with Crippen LogP contribution in [-0.2, 0) is 4.74 Å². The molecule has 130 valence electrons. The van der Waals surface area contributed by atoms with Gasteiger partial charge in [0.15, 0.2) is 17.0 Å². The Kier molecular flexibility index (Phi) is 4.82. The summed E-state index contributed by atoms with van der Waals surface area (Å²) < 4.78 is 8.26. The van der Waals surface area contributed by atoms with Gasteiger partial charge in [-0.15, -0.1) is 0 Å². The van der Waals surface area contributed by atoms with E-state index in [1.165, 1.54) is 0 Å². The zero-order valence-electron chi connectivity index (χ0n) is 13.0. The number of nitrogens with one attached hydrogen (secondary N) is 1. The molecule has 0 saturated carbocycles. The lowest BCUT2D eigenvalue weighted by molar-refractivity contribution is -0.0298. The van der Waals surface area contributed by atoms with E-state index in [1.54, 1.807) is 12.4 Å². The molecule has 25 heavy (non-hydrogen) atoms. The molecule has 0 aliphatic carbocycles. The summed E-state index contributed by atoms with van der Waals surface area (Å²) >= 11 is 15.7. The van der Waals surface area contributed by atoms with Crippen molar-refractivity contribution in [1.82, 2.24) is 19.5 Å². The SMILES string of the molecule is Clc1cccc(Nc2nc(Br)nc3c2ncn3C2CCCCO2)c1Cl. The normalized spacial score (nSPS) is 17.8. The summed E-state index contributed by atoms with van der Waals surface area (Å²) in [6.07, 6.45) is 4.84. The molecule has 0 bridgehead atoms. The summed E-state index contributed by atoms with van der Waals surface area (Å²) in [6.45, 7) is 0.750. The Morgan fingerprint density at radius 2 is 2.12 bits per heavy atom. The minimum absolute atomic E-state index is 0.0526. The van der Waals surface area contributed by atoms with Gasteiger partial charge in [0.2, 0.25) is 4.73 Å². The molecule has 6 nitrogen and oxygen atoms in total. The number of ether oxygens (including phenoxy) is 1. The highest BCUT2D eigenvalue weighted by molar-refractivity contribution is 9.10. The van der Waals surface area contributed by atoms with Gasteiger partial charge in [0.1, 0.15) is 6.23 Å². The number of rotatable bonds is 3. The van der Waals surface area contributed by atoms with E-state index >= 15 is 0 Å². The number of anilines is 2. The van der Waals surface area contributed by atoms with E-state index in [9.17, 15) is 0 Å². The van der Waals surface area contributed by atoms with Gasteiger partial charge in [0, 0.05) is 6.61 Å². The van der Waals surface area contributed by atoms with Crippen LogP contribution in [0.3, 0.4) is 0 Å². The van der Waals surface area contributed by atoms with Gasteiger partial charge in [-0.2, -0.15) is 0 Å². The van der Waals surface area contributed by atoms with E-state index < -0.39 is 0 Å². The molecule has 1 fully saturated rings. The van der Waals surface area contributed by atoms with Crippen LogP contribution in [0.25, 0.3) is 11.2 Å². The second kappa shape index (κ2) is 7.07. The second-order valence-corrected chi connectivity index (χ2v) is 7.21. The standard InChI is InChI=1S/C16H14BrCl2N5O/c17-16-22-14(21-10-5-3-4-9(18)12(10)19)13-15(23-16)24(8-20-13)11-6-1-2-7-25-11/h3-5,8,11H,1-2,6-7H2,(H,21,22,23). The summed E-state index contributed by atoms with van der Waals surface area (Å²) in [6, 6.07) is 5.38. The maximum Gasteiger partial charge on any atom is 0.200 e. The van der Waals surface area contributed by atoms with Crippen LogP contribution in [0.15, 0.2) is 29.3 Å². The number of fused-ring (bicyclic) bond motifs is 1. The van der Waals surface area contributed by atoms with Crippen molar-refractivity contribution in [2.75, 3.05) is 11.9 Å². The van der Waals surface area contributed by atoms with E-state index in [-0.39, 0.29) is 6.23 Å². The fraction of sp³-hybridized carbons (Fsp3) is 0.312. The maximum atomic E-state index is 6.27. The van der Waals surface area contributed by atoms with Crippen LogP contribution in [-0.4, -0.2) is 26.1 Å². The van der Waals surface area contributed by atoms with Crippen LogP contribution < -0.4 is 5.32 Å². The molecule has 0 spiro atoms. The largest absolute Gasteiger partial charge is 0.358 e. The van der Waals surface area contributed by atoms with Crippen LogP contribution in [0.1, 0.15) is 25.5 Å². The average Bonchev–Trinajstić information content (AvgIpc) is 3.03. The van der Waals surface area contributed by atoms with Gasteiger partial charge in [0.25, 0.3) is 0 Å². The van der Waals surface area contributed by atoms with Crippen LogP contribution in [0, 0.1) is 0 Å². The maximum absolute atomic E-state index is 6.27. The Morgan fingerprint density at radius 3 is 2.92 bits per heavy atom. The molecule has 1 aliphatic rings. The topological polar surface area (TPSA) is 64.9 Å². The van der Waals surface area contributed by atoms with Gasteiger partial charge in [-0.05, 0) is 47.3 Å². The fourth-order valence-electron chi connectivity index (χ4n) is 2.86. The van der Waals surface area contributed by atoms with Gasteiger partial charge < -0.3 is 10.1 Å². The quantitative estimate of drug-likeness (QED) is 0.554. The monoisotopic (exact) mass is 441 g/mol. The van der Waals surface area contributed by atoms with E-state index in [0.717, 1.165) is 25.9 Å². The Labute approximate surface area is 162 Å². The zero-order valence-corrected chi connectivity index (χ0v) is 16.1. The molecule has 9 heteroatoms. The summed E-state index contributed by atoms with van der Waals surface area (Å²) in [4.78, 5) is 13.4. The molecule has 0 radical (unpaired) electrons. The first-order valence-corrected chi connectivity index (χ1v) is 9.41. The molecule has 3 aromatic rings. The molecule has 3 heterocycles. The van der Waals surface area contributed by atoms with Gasteiger partial charge in [0.05, 0.1) is 22.1 Å². The van der Waals surface area contributed by atoms with Crippen molar-refractivity contribution in [1.29, 1.82) is 0 Å². The number of imidazole rings is 1. The predicted molar refractivity (Wildman–Crippen MR) is 102 cm³/mol. The van der Waals surface area contributed by atoms with E-state index in [0.29, 0.717) is 37.4 Å². The minimum atomic E-state index is -0.0526. The molecular weight excluding hydrogens is 429 g/mol. The Bertz CT molecular complexity index is 926. The Balaban J connectivity index is 1.77. The number of halogens is 3. The highest BCUT2D eigenvalue weighted by Gasteiger charge is 2.21. The van der Waals surface area contributed by atoms with Crippen molar-refractivity contribution >= 4 is 61.8 Å².